The van der Waals surface area contributed by atoms with Crippen LogP contribution >= 0.6 is 48.0 Å². The minimum absolute atomic E-state index is 0. The number of halogens is 4. The highest BCUT2D eigenvalue weighted by atomic mass is 35.5. The van der Waals surface area contributed by atoms with Gasteiger partial charge in [-0.15, -0.1) is 24.8 Å². The summed E-state index contributed by atoms with van der Waals surface area (Å²) in [6, 6.07) is 6.38. The molecule has 0 amide bonds. The van der Waals surface area contributed by atoms with E-state index < -0.39 is 0 Å². The van der Waals surface area contributed by atoms with E-state index >= 15 is 0 Å². The summed E-state index contributed by atoms with van der Waals surface area (Å²) in [5.74, 6) is 0.707. The predicted octanol–water partition coefficient (Wildman–Crippen LogP) is 5.22. The largest absolute Gasteiger partial charge is 0.314 e. The van der Waals surface area contributed by atoms with E-state index in [9.17, 15) is 0 Å². The van der Waals surface area contributed by atoms with E-state index in [0.29, 0.717) is 17.0 Å². The molecule has 128 valence electrons. The Hall–Kier alpha value is 0.300. The van der Waals surface area contributed by atoms with Crippen LogP contribution in [0.5, 0.6) is 0 Å². The molecule has 1 heterocycles. The van der Waals surface area contributed by atoms with Gasteiger partial charge in [-0.2, -0.15) is 0 Å². The van der Waals surface area contributed by atoms with E-state index in [1.165, 1.54) is 12.0 Å². The first kappa shape index (κ1) is 22.3. The second kappa shape index (κ2) is 11.0. The molecule has 1 aromatic carbocycles. The molecule has 1 aliphatic rings. The number of piperazine rings is 1. The summed E-state index contributed by atoms with van der Waals surface area (Å²) in [4.78, 5) is 2.54. The first-order valence-electron chi connectivity index (χ1n) is 7.48. The zero-order valence-corrected chi connectivity index (χ0v) is 16.3. The van der Waals surface area contributed by atoms with E-state index in [-0.39, 0.29) is 24.8 Å². The highest BCUT2D eigenvalue weighted by Gasteiger charge is 2.24. The molecule has 0 aliphatic carbocycles. The Morgan fingerprint density at radius 3 is 2.32 bits per heavy atom. The zero-order valence-electron chi connectivity index (χ0n) is 13.1. The van der Waals surface area contributed by atoms with Gasteiger partial charge < -0.3 is 5.32 Å². The molecule has 6 heteroatoms. The number of nitrogens with one attached hydrogen (secondary N) is 1. The molecular weight excluding hydrogens is 362 g/mol. The topological polar surface area (TPSA) is 15.3 Å². The summed E-state index contributed by atoms with van der Waals surface area (Å²) >= 11 is 12.6. The van der Waals surface area contributed by atoms with Gasteiger partial charge in [-0.05, 0) is 30.4 Å². The summed E-state index contributed by atoms with van der Waals surface area (Å²) in [5, 5.41) is 4.80. The molecule has 0 aromatic heterocycles. The zero-order chi connectivity index (χ0) is 14.5. The third-order valence-electron chi connectivity index (χ3n) is 3.95. The lowest BCUT2D eigenvalue weighted by atomic mass is 9.95. The maximum absolute atomic E-state index is 6.45. The highest BCUT2D eigenvalue weighted by molar-refractivity contribution is 6.42. The Morgan fingerprint density at radius 1 is 1.09 bits per heavy atom. The van der Waals surface area contributed by atoms with E-state index in [1.807, 2.05) is 12.1 Å². The number of rotatable bonds is 5. The minimum Gasteiger partial charge on any atom is -0.314 e. The van der Waals surface area contributed by atoms with Crippen LogP contribution in [-0.2, 0) is 0 Å². The third-order valence-corrected chi connectivity index (χ3v) is 4.78. The molecule has 2 rings (SSSR count). The molecule has 0 radical (unpaired) electrons. The molecule has 22 heavy (non-hydrogen) atoms. The van der Waals surface area contributed by atoms with Gasteiger partial charge in [0.2, 0.25) is 0 Å². The Labute approximate surface area is 156 Å². The molecule has 1 fully saturated rings. The second-order valence-electron chi connectivity index (χ2n) is 5.92. The van der Waals surface area contributed by atoms with Crippen LogP contribution in [0.4, 0.5) is 0 Å². The molecule has 0 saturated carbocycles. The molecule has 2 nitrogen and oxygen atoms in total. The second-order valence-corrected chi connectivity index (χ2v) is 6.70. The van der Waals surface area contributed by atoms with Crippen molar-refractivity contribution in [2.75, 3.05) is 26.2 Å². The first-order valence-corrected chi connectivity index (χ1v) is 8.24. The lowest BCUT2D eigenvalue weighted by Crippen LogP contribution is -2.45. The van der Waals surface area contributed by atoms with E-state index in [2.05, 4.69) is 30.1 Å². The normalized spacial score (nSPS) is 16.8. The lowest BCUT2D eigenvalue weighted by Gasteiger charge is -2.36. The van der Waals surface area contributed by atoms with Crippen molar-refractivity contribution >= 4 is 48.0 Å². The van der Waals surface area contributed by atoms with E-state index in [4.69, 9.17) is 23.2 Å². The maximum Gasteiger partial charge on any atom is 0.0640 e. The fourth-order valence-electron chi connectivity index (χ4n) is 2.80. The fraction of sp³-hybridized carbons (Fsp3) is 0.625. The van der Waals surface area contributed by atoms with Gasteiger partial charge in [-0.1, -0.05) is 49.2 Å². The number of hydrogen-bond donors (Lipinski definition) is 1. The van der Waals surface area contributed by atoms with Crippen molar-refractivity contribution in [1.82, 2.24) is 10.2 Å². The summed E-state index contributed by atoms with van der Waals surface area (Å²) in [6.07, 6.45) is 2.34. The number of benzene rings is 1. The van der Waals surface area contributed by atoms with Crippen LogP contribution < -0.4 is 5.32 Å². The van der Waals surface area contributed by atoms with Gasteiger partial charge in [0.15, 0.2) is 0 Å². The van der Waals surface area contributed by atoms with Crippen LogP contribution in [0.3, 0.4) is 0 Å². The molecule has 0 spiro atoms. The van der Waals surface area contributed by atoms with Gasteiger partial charge in [0.25, 0.3) is 0 Å². The molecule has 1 aromatic rings. The van der Waals surface area contributed by atoms with Crippen LogP contribution in [0.2, 0.25) is 10.0 Å². The van der Waals surface area contributed by atoms with Gasteiger partial charge in [-0.3, -0.25) is 4.90 Å². The quantitative estimate of drug-likeness (QED) is 0.744. The monoisotopic (exact) mass is 386 g/mol. The molecule has 0 unspecified atom stereocenters. The number of hydrogen-bond acceptors (Lipinski definition) is 2. The summed E-state index contributed by atoms with van der Waals surface area (Å²) in [5.41, 5.74) is 1.18. The van der Waals surface area contributed by atoms with Crippen molar-refractivity contribution in [3.63, 3.8) is 0 Å². The van der Waals surface area contributed by atoms with Crippen molar-refractivity contribution < 1.29 is 0 Å². The molecular formula is C16H26Cl4N2. The van der Waals surface area contributed by atoms with Gasteiger partial charge >= 0.3 is 0 Å². The van der Waals surface area contributed by atoms with E-state index in [1.54, 1.807) is 0 Å². The van der Waals surface area contributed by atoms with Gasteiger partial charge in [0, 0.05) is 32.2 Å². The van der Waals surface area contributed by atoms with Crippen molar-refractivity contribution in [1.29, 1.82) is 0 Å². The highest BCUT2D eigenvalue weighted by Crippen LogP contribution is 2.36. The van der Waals surface area contributed by atoms with Gasteiger partial charge in [0.1, 0.15) is 0 Å². The van der Waals surface area contributed by atoms with E-state index in [0.717, 1.165) is 37.6 Å². The molecule has 1 aliphatic heterocycles. The molecule has 0 bridgehead atoms. The maximum atomic E-state index is 6.45. The Kier molecular flexibility index (Phi) is 11.1. The minimum atomic E-state index is 0. The van der Waals surface area contributed by atoms with Crippen molar-refractivity contribution in [2.24, 2.45) is 5.92 Å². The average Bonchev–Trinajstić information content (AvgIpc) is 2.44. The molecule has 1 atom stereocenters. The van der Waals surface area contributed by atoms with Gasteiger partial charge in [0.05, 0.1) is 10.0 Å². The van der Waals surface area contributed by atoms with Crippen LogP contribution in [0, 0.1) is 5.92 Å². The SMILES string of the molecule is CC(C)CC[C@H](c1cccc(Cl)c1Cl)N1CCNCC1.Cl.Cl. The summed E-state index contributed by atoms with van der Waals surface area (Å²) < 4.78 is 0. The lowest BCUT2D eigenvalue weighted by molar-refractivity contribution is 0.160. The Balaban J connectivity index is 0.00000220. The number of nitrogens with zero attached hydrogens (tertiary/aromatic N) is 1. The standard InChI is InChI=1S/C16H24Cl2N2.2ClH/c1-12(2)6-7-15(20-10-8-19-9-11-20)13-4-3-5-14(17)16(13)18;;/h3-5,12,15,19H,6-11H2,1-2H3;2*1H/t15-;;/m1../s1. The fourth-order valence-corrected chi connectivity index (χ4v) is 3.23. The van der Waals surface area contributed by atoms with Gasteiger partial charge in [-0.25, -0.2) is 0 Å². The van der Waals surface area contributed by atoms with Crippen molar-refractivity contribution in [3.8, 4) is 0 Å². The Bertz CT molecular complexity index is 434. The first-order chi connectivity index (χ1) is 9.59. The molecule has 1 saturated heterocycles. The smallest absolute Gasteiger partial charge is 0.0640 e. The van der Waals surface area contributed by atoms with Crippen molar-refractivity contribution in [3.05, 3.63) is 33.8 Å². The summed E-state index contributed by atoms with van der Waals surface area (Å²) in [7, 11) is 0. The Morgan fingerprint density at radius 2 is 1.73 bits per heavy atom. The summed E-state index contributed by atoms with van der Waals surface area (Å²) in [6.45, 7) is 8.80. The van der Waals surface area contributed by atoms with Crippen LogP contribution in [-0.4, -0.2) is 31.1 Å². The van der Waals surface area contributed by atoms with Crippen LogP contribution in [0.25, 0.3) is 0 Å². The predicted molar refractivity (Wildman–Crippen MR) is 102 cm³/mol. The molecule has 1 N–H and O–H groups in total. The van der Waals surface area contributed by atoms with Crippen LogP contribution in [0.1, 0.15) is 38.3 Å². The third kappa shape index (κ3) is 6.07. The van der Waals surface area contributed by atoms with Crippen LogP contribution in [0.15, 0.2) is 18.2 Å². The van der Waals surface area contributed by atoms with Crippen molar-refractivity contribution in [2.45, 2.75) is 32.7 Å². The average molecular weight is 388 g/mol.